The van der Waals surface area contributed by atoms with Crippen molar-refractivity contribution in [3.8, 4) is 5.75 Å². The van der Waals surface area contributed by atoms with Crippen LogP contribution in [0.3, 0.4) is 0 Å². The lowest BCUT2D eigenvalue weighted by Gasteiger charge is -2.15. The van der Waals surface area contributed by atoms with Gasteiger partial charge in [0.25, 0.3) is 0 Å². The molecule has 0 aliphatic rings. The van der Waals surface area contributed by atoms with Crippen molar-refractivity contribution in [1.29, 1.82) is 0 Å². The summed E-state index contributed by atoms with van der Waals surface area (Å²) in [7, 11) is 0. The predicted octanol–water partition coefficient (Wildman–Crippen LogP) is 4.55. The van der Waals surface area contributed by atoms with Crippen molar-refractivity contribution < 1.29 is 4.74 Å². The Kier molecular flexibility index (Phi) is 4.86. The van der Waals surface area contributed by atoms with Gasteiger partial charge in [-0.15, -0.1) is 0 Å². The van der Waals surface area contributed by atoms with E-state index in [1.54, 1.807) is 0 Å². The Morgan fingerprint density at radius 2 is 1.89 bits per heavy atom. The predicted molar refractivity (Wildman–Crippen MR) is 82.8 cm³/mol. The number of benzene rings is 2. The van der Waals surface area contributed by atoms with Crippen molar-refractivity contribution in [2.75, 3.05) is 6.61 Å². The molecule has 2 rings (SSSR count). The Bertz CT molecular complexity index is 557. The molecule has 4 heteroatoms. The van der Waals surface area contributed by atoms with Gasteiger partial charge in [0.05, 0.1) is 12.6 Å². The van der Waals surface area contributed by atoms with Crippen LogP contribution >= 0.6 is 27.5 Å². The maximum absolute atomic E-state index is 6.25. The zero-order valence-corrected chi connectivity index (χ0v) is 12.9. The number of hydrogen-bond donors (Lipinski definition) is 1. The van der Waals surface area contributed by atoms with Crippen LogP contribution in [-0.2, 0) is 0 Å². The molecule has 2 aromatic rings. The van der Waals surface area contributed by atoms with Crippen molar-refractivity contribution in [2.24, 2.45) is 5.73 Å². The summed E-state index contributed by atoms with van der Waals surface area (Å²) in [5, 5.41) is 0.663. The third-order valence-electron chi connectivity index (χ3n) is 2.85. The number of hydrogen-bond acceptors (Lipinski definition) is 2. The van der Waals surface area contributed by atoms with Gasteiger partial charge in [0, 0.05) is 9.50 Å². The first-order valence-electron chi connectivity index (χ1n) is 6.05. The van der Waals surface area contributed by atoms with Crippen LogP contribution < -0.4 is 10.5 Å². The van der Waals surface area contributed by atoms with Crippen LogP contribution in [0.2, 0.25) is 5.02 Å². The number of halogens is 2. The summed E-state index contributed by atoms with van der Waals surface area (Å²) in [6, 6.07) is 13.3. The van der Waals surface area contributed by atoms with Crippen LogP contribution in [0.5, 0.6) is 5.75 Å². The molecule has 1 unspecified atom stereocenters. The smallest absolute Gasteiger partial charge is 0.119 e. The fourth-order valence-electron chi connectivity index (χ4n) is 1.87. The van der Waals surface area contributed by atoms with E-state index < -0.39 is 0 Å². The van der Waals surface area contributed by atoms with Gasteiger partial charge in [0.15, 0.2) is 0 Å². The Morgan fingerprint density at radius 3 is 2.47 bits per heavy atom. The Morgan fingerprint density at radius 1 is 1.21 bits per heavy atom. The molecular formula is C15H15BrClNO. The highest BCUT2D eigenvalue weighted by Gasteiger charge is 2.12. The lowest BCUT2D eigenvalue weighted by atomic mass is 9.99. The highest BCUT2D eigenvalue weighted by atomic mass is 79.9. The summed E-state index contributed by atoms with van der Waals surface area (Å²) in [5.41, 5.74) is 8.17. The van der Waals surface area contributed by atoms with Crippen molar-refractivity contribution in [3.05, 3.63) is 63.1 Å². The van der Waals surface area contributed by atoms with Gasteiger partial charge in [-0.25, -0.2) is 0 Å². The second kappa shape index (κ2) is 6.42. The average Bonchev–Trinajstić information content (AvgIpc) is 2.39. The van der Waals surface area contributed by atoms with Crippen molar-refractivity contribution in [2.45, 2.75) is 13.0 Å². The first kappa shape index (κ1) is 14.4. The molecule has 0 saturated heterocycles. The van der Waals surface area contributed by atoms with Gasteiger partial charge >= 0.3 is 0 Å². The minimum atomic E-state index is -0.240. The molecule has 0 radical (unpaired) electrons. The standard InChI is InChI=1S/C15H15BrClNO/c1-2-19-12-6-3-10(4-7-12)15(18)13-8-5-11(16)9-14(13)17/h3-9,15H,2,18H2,1H3. The van der Waals surface area contributed by atoms with Crippen LogP contribution in [-0.4, -0.2) is 6.61 Å². The molecule has 0 bridgehead atoms. The topological polar surface area (TPSA) is 35.2 Å². The van der Waals surface area contributed by atoms with E-state index in [2.05, 4.69) is 15.9 Å². The molecule has 0 aliphatic heterocycles. The molecule has 0 spiro atoms. The molecule has 2 aromatic carbocycles. The number of nitrogens with two attached hydrogens (primary N) is 1. The van der Waals surface area contributed by atoms with Crippen LogP contribution in [0, 0.1) is 0 Å². The summed E-state index contributed by atoms with van der Waals surface area (Å²) in [6.45, 7) is 2.62. The molecule has 0 heterocycles. The summed E-state index contributed by atoms with van der Waals surface area (Å²) < 4.78 is 6.36. The fourth-order valence-corrected chi connectivity index (χ4v) is 2.66. The maximum atomic E-state index is 6.25. The Balaban J connectivity index is 2.25. The van der Waals surface area contributed by atoms with Crippen LogP contribution in [0.15, 0.2) is 46.9 Å². The second-order valence-electron chi connectivity index (χ2n) is 4.15. The van der Waals surface area contributed by atoms with E-state index in [4.69, 9.17) is 22.1 Å². The summed E-state index contributed by atoms with van der Waals surface area (Å²) in [4.78, 5) is 0. The molecule has 0 fully saturated rings. The lowest BCUT2D eigenvalue weighted by Crippen LogP contribution is -2.12. The van der Waals surface area contributed by atoms with E-state index in [0.717, 1.165) is 21.3 Å². The molecule has 0 aromatic heterocycles. The normalized spacial score (nSPS) is 12.2. The first-order valence-corrected chi connectivity index (χ1v) is 7.22. The lowest BCUT2D eigenvalue weighted by molar-refractivity contribution is 0.340. The monoisotopic (exact) mass is 339 g/mol. The van der Waals surface area contributed by atoms with Crippen LogP contribution in [0.4, 0.5) is 0 Å². The highest BCUT2D eigenvalue weighted by molar-refractivity contribution is 9.10. The van der Waals surface area contributed by atoms with Gasteiger partial charge in [-0.3, -0.25) is 0 Å². The molecule has 2 nitrogen and oxygen atoms in total. The number of rotatable bonds is 4. The third kappa shape index (κ3) is 3.50. The maximum Gasteiger partial charge on any atom is 0.119 e. The van der Waals surface area contributed by atoms with E-state index in [1.165, 1.54) is 0 Å². The minimum absolute atomic E-state index is 0.240. The molecule has 1 atom stereocenters. The molecular weight excluding hydrogens is 326 g/mol. The van der Waals surface area contributed by atoms with Crippen molar-refractivity contribution >= 4 is 27.5 Å². The summed E-state index contributed by atoms with van der Waals surface area (Å²) in [6.07, 6.45) is 0. The molecule has 0 amide bonds. The summed E-state index contributed by atoms with van der Waals surface area (Å²) in [5.74, 6) is 0.848. The number of ether oxygens (including phenoxy) is 1. The highest BCUT2D eigenvalue weighted by Crippen LogP contribution is 2.29. The van der Waals surface area contributed by atoms with Crippen molar-refractivity contribution in [1.82, 2.24) is 0 Å². The Hall–Kier alpha value is -1.03. The summed E-state index contributed by atoms with van der Waals surface area (Å²) >= 11 is 9.61. The van der Waals surface area contributed by atoms with E-state index in [9.17, 15) is 0 Å². The van der Waals surface area contributed by atoms with Gasteiger partial charge in [-0.1, -0.05) is 45.7 Å². The van der Waals surface area contributed by atoms with Crippen LogP contribution in [0.1, 0.15) is 24.1 Å². The molecule has 100 valence electrons. The van der Waals surface area contributed by atoms with Gasteiger partial charge in [-0.2, -0.15) is 0 Å². The van der Waals surface area contributed by atoms with E-state index in [-0.39, 0.29) is 6.04 Å². The van der Waals surface area contributed by atoms with E-state index in [1.807, 2.05) is 49.4 Å². The van der Waals surface area contributed by atoms with Gasteiger partial charge in [0.2, 0.25) is 0 Å². The van der Waals surface area contributed by atoms with E-state index in [0.29, 0.717) is 11.6 Å². The fraction of sp³-hybridized carbons (Fsp3) is 0.200. The molecule has 2 N–H and O–H groups in total. The Labute approximate surface area is 126 Å². The molecule has 0 aliphatic carbocycles. The molecule has 19 heavy (non-hydrogen) atoms. The van der Waals surface area contributed by atoms with Gasteiger partial charge < -0.3 is 10.5 Å². The first-order chi connectivity index (χ1) is 9.11. The zero-order valence-electron chi connectivity index (χ0n) is 10.6. The second-order valence-corrected chi connectivity index (χ2v) is 5.47. The SMILES string of the molecule is CCOc1ccc(C(N)c2ccc(Br)cc2Cl)cc1. The van der Waals surface area contributed by atoms with Crippen molar-refractivity contribution in [3.63, 3.8) is 0 Å². The van der Waals surface area contributed by atoms with Crippen LogP contribution in [0.25, 0.3) is 0 Å². The van der Waals surface area contributed by atoms with Gasteiger partial charge in [0.1, 0.15) is 5.75 Å². The zero-order chi connectivity index (χ0) is 13.8. The largest absolute Gasteiger partial charge is 0.494 e. The quantitative estimate of drug-likeness (QED) is 0.886. The third-order valence-corrected chi connectivity index (χ3v) is 3.67. The van der Waals surface area contributed by atoms with Gasteiger partial charge in [-0.05, 0) is 42.3 Å². The average molecular weight is 341 g/mol. The molecule has 0 saturated carbocycles. The minimum Gasteiger partial charge on any atom is -0.494 e. The van der Waals surface area contributed by atoms with E-state index >= 15 is 0 Å².